The summed E-state index contributed by atoms with van der Waals surface area (Å²) in [7, 11) is 0. The highest BCUT2D eigenvalue weighted by molar-refractivity contribution is 7.09. The summed E-state index contributed by atoms with van der Waals surface area (Å²) in [6, 6.07) is 21.3. The maximum absolute atomic E-state index is 13.2. The second kappa shape index (κ2) is 11.5. The molecule has 192 valence electrons. The topological polar surface area (TPSA) is 94.5 Å². The van der Waals surface area contributed by atoms with Crippen molar-refractivity contribution in [1.29, 1.82) is 5.26 Å². The third-order valence-electron chi connectivity index (χ3n) is 6.09. The minimum atomic E-state index is -0.748. The predicted molar refractivity (Wildman–Crippen MR) is 147 cm³/mol. The molecule has 1 saturated heterocycles. The van der Waals surface area contributed by atoms with E-state index in [0.717, 1.165) is 34.7 Å². The number of benzene rings is 2. The number of carbonyl (C=O) groups is 2. The number of anilines is 1. The molecule has 0 saturated carbocycles. The van der Waals surface area contributed by atoms with Gasteiger partial charge in [0.15, 0.2) is 0 Å². The summed E-state index contributed by atoms with van der Waals surface area (Å²) in [6.45, 7) is 6.67. The molecule has 0 bridgehead atoms. The van der Waals surface area contributed by atoms with Gasteiger partial charge in [0.2, 0.25) is 5.91 Å². The Morgan fingerprint density at radius 3 is 2.59 bits per heavy atom. The van der Waals surface area contributed by atoms with E-state index in [1.165, 1.54) is 0 Å². The van der Waals surface area contributed by atoms with E-state index in [1.807, 2.05) is 66.0 Å². The van der Waals surface area contributed by atoms with Crippen LogP contribution in [-0.4, -0.2) is 42.8 Å². The van der Waals surface area contributed by atoms with Gasteiger partial charge in [0.1, 0.15) is 17.7 Å². The molecule has 3 aromatic rings. The third-order valence-corrected chi connectivity index (χ3v) is 6.99. The van der Waals surface area contributed by atoms with Crippen LogP contribution in [-0.2, 0) is 16.0 Å². The maximum atomic E-state index is 13.2. The fourth-order valence-corrected chi connectivity index (χ4v) is 5.15. The first-order valence-electron chi connectivity index (χ1n) is 12.4. The molecule has 7 nitrogen and oxygen atoms in total. The van der Waals surface area contributed by atoms with Crippen molar-refractivity contribution in [2.24, 2.45) is 0 Å². The molecular weight excluding hydrogens is 484 g/mol. The molecule has 2 unspecified atom stereocenters. The quantitative estimate of drug-likeness (QED) is 0.455. The number of thiophene rings is 1. The molecule has 2 amide bonds. The molecule has 1 aliphatic heterocycles. The van der Waals surface area contributed by atoms with E-state index in [9.17, 15) is 14.9 Å². The van der Waals surface area contributed by atoms with E-state index in [4.69, 9.17) is 4.74 Å². The molecule has 2 N–H and O–H groups in total. The highest BCUT2D eigenvalue weighted by Crippen LogP contribution is 2.29. The van der Waals surface area contributed by atoms with Crippen LogP contribution in [0.15, 0.2) is 66.0 Å². The van der Waals surface area contributed by atoms with Crippen LogP contribution in [0.25, 0.3) is 11.1 Å². The Bertz CT molecular complexity index is 1260. The van der Waals surface area contributed by atoms with Gasteiger partial charge in [-0.25, -0.2) is 4.79 Å². The minimum Gasteiger partial charge on any atom is -0.444 e. The molecule has 1 fully saturated rings. The minimum absolute atomic E-state index is 0.0980. The van der Waals surface area contributed by atoms with Crippen molar-refractivity contribution >= 4 is 29.0 Å². The van der Waals surface area contributed by atoms with Crippen molar-refractivity contribution in [2.45, 2.75) is 51.3 Å². The predicted octanol–water partition coefficient (Wildman–Crippen LogP) is 5.12. The van der Waals surface area contributed by atoms with Gasteiger partial charge < -0.3 is 20.3 Å². The molecule has 0 aliphatic carbocycles. The Morgan fingerprint density at radius 1 is 1.14 bits per heavy atom. The Hall–Kier alpha value is -3.83. The Kier molecular flexibility index (Phi) is 8.14. The van der Waals surface area contributed by atoms with E-state index < -0.39 is 17.7 Å². The lowest BCUT2D eigenvalue weighted by atomic mass is 10.0. The zero-order valence-corrected chi connectivity index (χ0v) is 22.2. The van der Waals surface area contributed by atoms with Crippen molar-refractivity contribution < 1.29 is 14.3 Å². The second-order valence-corrected chi connectivity index (χ2v) is 11.2. The summed E-state index contributed by atoms with van der Waals surface area (Å²) < 4.78 is 5.38. The first-order valence-corrected chi connectivity index (χ1v) is 13.3. The number of alkyl carbamates (subject to hydrolysis) is 1. The van der Waals surface area contributed by atoms with Gasteiger partial charge in [-0.1, -0.05) is 42.5 Å². The van der Waals surface area contributed by atoms with Crippen molar-refractivity contribution in [2.75, 3.05) is 18.0 Å². The number of rotatable bonds is 7. The van der Waals surface area contributed by atoms with Gasteiger partial charge in [0.05, 0.1) is 11.3 Å². The average molecular weight is 517 g/mol. The number of nitrogens with zero attached hydrogens (tertiary/aromatic N) is 2. The largest absolute Gasteiger partial charge is 0.444 e. The summed E-state index contributed by atoms with van der Waals surface area (Å²) in [5.41, 5.74) is 2.87. The summed E-state index contributed by atoms with van der Waals surface area (Å²) in [5, 5.41) is 17.6. The molecule has 2 aromatic carbocycles. The van der Waals surface area contributed by atoms with Gasteiger partial charge in [-0.2, -0.15) is 5.26 Å². The van der Waals surface area contributed by atoms with Crippen LogP contribution in [0.4, 0.5) is 10.5 Å². The molecule has 1 aliphatic rings. The first kappa shape index (κ1) is 26.2. The van der Waals surface area contributed by atoms with Gasteiger partial charge in [0, 0.05) is 30.4 Å². The molecule has 37 heavy (non-hydrogen) atoms. The van der Waals surface area contributed by atoms with Crippen LogP contribution in [0, 0.1) is 11.3 Å². The number of hydrogen-bond donors (Lipinski definition) is 2. The summed E-state index contributed by atoms with van der Waals surface area (Å²) >= 11 is 1.54. The van der Waals surface area contributed by atoms with Crippen LogP contribution < -0.4 is 15.5 Å². The molecule has 0 radical (unpaired) electrons. The van der Waals surface area contributed by atoms with Crippen molar-refractivity contribution in [3.05, 3.63) is 76.5 Å². The van der Waals surface area contributed by atoms with Crippen LogP contribution >= 0.6 is 11.3 Å². The molecule has 4 rings (SSSR count). The lowest BCUT2D eigenvalue weighted by Crippen LogP contribution is -2.52. The standard InChI is InChI=1S/C29H32N4O3S/c1-29(2,3)36-28(35)32-25(17-24-10-7-15-37-24)27(34)31-23-13-14-33(19-23)26-12-11-21(16-22(26)18-30)20-8-5-4-6-9-20/h4-12,15-16,23,25H,13-14,17,19H2,1-3H3,(H,31,34)(H,32,35). The number of carbonyl (C=O) groups excluding carboxylic acids is 2. The second-order valence-electron chi connectivity index (χ2n) is 10.1. The normalized spacial score (nSPS) is 16.1. The van der Waals surface area contributed by atoms with Crippen LogP contribution in [0.3, 0.4) is 0 Å². The smallest absolute Gasteiger partial charge is 0.408 e. The lowest BCUT2D eigenvalue weighted by Gasteiger charge is -2.24. The number of nitriles is 1. The van der Waals surface area contributed by atoms with Crippen molar-refractivity contribution in [3.63, 3.8) is 0 Å². The third kappa shape index (κ3) is 7.11. The van der Waals surface area contributed by atoms with Gasteiger partial charge in [0.25, 0.3) is 0 Å². The molecule has 0 spiro atoms. The molecule has 8 heteroatoms. The van der Waals surface area contributed by atoms with E-state index in [-0.39, 0.29) is 11.9 Å². The number of amides is 2. The van der Waals surface area contributed by atoms with Gasteiger partial charge >= 0.3 is 6.09 Å². The van der Waals surface area contributed by atoms with E-state index in [2.05, 4.69) is 21.6 Å². The maximum Gasteiger partial charge on any atom is 0.408 e. The molecular formula is C29H32N4O3S. The monoisotopic (exact) mass is 516 g/mol. The van der Waals surface area contributed by atoms with Crippen molar-refractivity contribution in [3.8, 4) is 17.2 Å². The highest BCUT2D eigenvalue weighted by Gasteiger charge is 2.30. The van der Waals surface area contributed by atoms with Gasteiger partial charge in [-0.3, -0.25) is 4.79 Å². The summed E-state index contributed by atoms with van der Waals surface area (Å²) in [5.74, 6) is -0.244. The fourth-order valence-electron chi connectivity index (χ4n) is 4.40. The fraction of sp³-hybridized carbons (Fsp3) is 0.345. The van der Waals surface area contributed by atoms with Crippen LogP contribution in [0.5, 0.6) is 0 Å². The SMILES string of the molecule is CC(C)(C)OC(=O)NC(Cc1cccs1)C(=O)NC1CCN(c2ccc(-c3ccccc3)cc2C#N)C1. The molecule has 1 aromatic heterocycles. The van der Waals surface area contributed by atoms with Crippen LogP contribution in [0.1, 0.15) is 37.6 Å². The Morgan fingerprint density at radius 2 is 1.92 bits per heavy atom. The first-order chi connectivity index (χ1) is 17.7. The van der Waals surface area contributed by atoms with Gasteiger partial charge in [-0.05, 0) is 61.9 Å². The molecule has 2 heterocycles. The van der Waals surface area contributed by atoms with E-state index in [1.54, 1.807) is 32.1 Å². The Labute approximate surface area is 222 Å². The number of nitrogens with one attached hydrogen (secondary N) is 2. The van der Waals surface area contributed by atoms with E-state index in [0.29, 0.717) is 18.5 Å². The van der Waals surface area contributed by atoms with E-state index >= 15 is 0 Å². The number of hydrogen-bond acceptors (Lipinski definition) is 6. The summed E-state index contributed by atoms with van der Waals surface area (Å²) in [6.07, 6.45) is 0.517. The molecule has 2 atom stereocenters. The zero-order chi connectivity index (χ0) is 26.4. The average Bonchev–Trinajstić information content (AvgIpc) is 3.55. The lowest BCUT2D eigenvalue weighted by molar-refractivity contribution is -0.123. The highest BCUT2D eigenvalue weighted by atomic mass is 32.1. The van der Waals surface area contributed by atoms with Crippen molar-refractivity contribution in [1.82, 2.24) is 10.6 Å². The number of ether oxygens (including phenoxy) is 1. The van der Waals surface area contributed by atoms with Gasteiger partial charge in [-0.15, -0.1) is 11.3 Å². The van der Waals surface area contributed by atoms with Crippen LogP contribution in [0.2, 0.25) is 0 Å². The summed E-state index contributed by atoms with van der Waals surface area (Å²) in [4.78, 5) is 28.8. The Balaban J connectivity index is 1.42. The zero-order valence-electron chi connectivity index (χ0n) is 21.4.